The molecular formula is C58H84O6. The van der Waals surface area contributed by atoms with Crippen molar-refractivity contribution in [1.82, 2.24) is 0 Å². The van der Waals surface area contributed by atoms with Crippen molar-refractivity contribution in [3.05, 3.63) is 170 Å². The third kappa shape index (κ3) is 47.8. The molecule has 1 unspecified atom stereocenters. The van der Waals surface area contributed by atoms with Gasteiger partial charge in [-0.15, -0.1) is 0 Å². The molecule has 352 valence electrons. The molecule has 6 nitrogen and oxygen atoms in total. The van der Waals surface area contributed by atoms with E-state index in [2.05, 4.69) is 136 Å². The lowest BCUT2D eigenvalue weighted by atomic mass is 10.1. The summed E-state index contributed by atoms with van der Waals surface area (Å²) in [5.74, 6) is -1.13. The van der Waals surface area contributed by atoms with Gasteiger partial charge in [0.15, 0.2) is 6.10 Å². The number of rotatable bonds is 40. The van der Waals surface area contributed by atoms with Crippen LogP contribution >= 0.6 is 0 Å². The van der Waals surface area contributed by atoms with Crippen LogP contribution in [0, 0.1) is 0 Å². The lowest BCUT2D eigenvalue weighted by Gasteiger charge is -2.18. The number of ether oxygens (including phenoxy) is 3. The first-order chi connectivity index (χ1) is 31.5. The topological polar surface area (TPSA) is 78.9 Å². The molecule has 0 aliphatic rings. The van der Waals surface area contributed by atoms with Crippen LogP contribution in [0.2, 0.25) is 0 Å². The van der Waals surface area contributed by atoms with Gasteiger partial charge >= 0.3 is 17.9 Å². The van der Waals surface area contributed by atoms with Crippen LogP contribution in [0.1, 0.15) is 156 Å². The zero-order chi connectivity index (χ0) is 46.5. The molecule has 0 aliphatic carbocycles. The Morgan fingerprint density at radius 1 is 0.328 bits per heavy atom. The van der Waals surface area contributed by atoms with Crippen LogP contribution in [0.5, 0.6) is 0 Å². The number of unbranched alkanes of at least 4 members (excludes halogenated alkanes) is 5. The molecule has 0 aromatic heterocycles. The molecule has 0 spiro atoms. The monoisotopic (exact) mass is 877 g/mol. The Labute approximate surface area is 390 Å². The summed E-state index contributed by atoms with van der Waals surface area (Å²) < 4.78 is 16.6. The number of allylic oxidation sites excluding steroid dienone is 28. The van der Waals surface area contributed by atoms with Crippen molar-refractivity contribution in [2.24, 2.45) is 0 Å². The molecule has 0 aromatic rings. The van der Waals surface area contributed by atoms with Crippen molar-refractivity contribution >= 4 is 17.9 Å². The highest BCUT2D eigenvalue weighted by Gasteiger charge is 2.19. The van der Waals surface area contributed by atoms with Gasteiger partial charge in [0.05, 0.1) is 0 Å². The molecule has 0 aliphatic heterocycles. The standard InChI is InChI=1S/C58H84O6/c1-4-7-10-13-16-19-22-25-27-29-31-33-36-39-42-45-48-51-57(60)63-54-55(53-62-56(59)50-47-44-41-38-35-32-24-21-18-15-12-9-6-3)64-58(61)52-49-46-43-40-37-34-30-28-26-23-20-17-14-11-8-5-2/h7-12,15-21,24-28,31-35,37-39,41-42,55H,4-6,13-14,22-23,29-30,36,40,43-54H2,1-3H3/b10-7-,11-8-,12-9-,18-15-,19-16-,20-17-,24-21-,27-25-,28-26-,33-31-,35-32-,37-34-,41-38-,42-39-. The third-order valence-electron chi connectivity index (χ3n) is 9.08. The fraction of sp³-hybridized carbons (Fsp3) is 0.466. The molecule has 64 heavy (non-hydrogen) atoms. The van der Waals surface area contributed by atoms with Gasteiger partial charge in [-0.05, 0) is 109 Å². The summed E-state index contributed by atoms with van der Waals surface area (Å²) in [6, 6.07) is 0. The zero-order valence-corrected chi connectivity index (χ0v) is 40.0. The number of esters is 3. The van der Waals surface area contributed by atoms with Crippen LogP contribution < -0.4 is 0 Å². The quantitative estimate of drug-likeness (QED) is 0.0201. The van der Waals surface area contributed by atoms with E-state index in [9.17, 15) is 14.4 Å². The van der Waals surface area contributed by atoms with Crippen molar-refractivity contribution in [1.29, 1.82) is 0 Å². The van der Waals surface area contributed by atoms with Crippen molar-refractivity contribution < 1.29 is 28.6 Å². The molecule has 1 atom stereocenters. The van der Waals surface area contributed by atoms with Crippen LogP contribution in [0.25, 0.3) is 0 Å². The van der Waals surface area contributed by atoms with E-state index in [0.29, 0.717) is 19.3 Å². The Kier molecular flexibility index (Phi) is 46.3. The maximum Gasteiger partial charge on any atom is 0.306 e. The number of hydrogen-bond donors (Lipinski definition) is 0. The minimum atomic E-state index is -0.855. The number of hydrogen-bond acceptors (Lipinski definition) is 6. The molecule has 0 aromatic carbocycles. The second kappa shape index (κ2) is 50.4. The van der Waals surface area contributed by atoms with Gasteiger partial charge in [-0.3, -0.25) is 14.4 Å². The van der Waals surface area contributed by atoms with E-state index in [1.54, 1.807) is 0 Å². The van der Waals surface area contributed by atoms with E-state index in [1.165, 1.54) is 0 Å². The SMILES string of the molecule is CC\C=C/C=C\C=C/C=C\C=C/CCCC(=O)OCC(COC(=O)CCC/C=C\C/C=C\C/C=C\C/C=C\C/C=C\CC)OC(=O)CCCCC/C=C\C/C=C\C/C=C\C/C=C\CC. The summed E-state index contributed by atoms with van der Waals surface area (Å²) in [6.07, 6.45) is 74.9. The third-order valence-corrected chi connectivity index (χ3v) is 9.08. The van der Waals surface area contributed by atoms with Gasteiger partial charge in [0.1, 0.15) is 13.2 Å². The highest BCUT2D eigenvalue weighted by Crippen LogP contribution is 2.10. The number of carbonyl (C=O) groups is 3. The Morgan fingerprint density at radius 3 is 1.08 bits per heavy atom. The average molecular weight is 877 g/mol. The predicted octanol–water partition coefficient (Wildman–Crippen LogP) is 16.0. The average Bonchev–Trinajstić information content (AvgIpc) is 3.29. The first-order valence-electron chi connectivity index (χ1n) is 24.2. The van der Waals surface area contributed by atoms with Gasteiger partial charge in [0.25, 0.3) is 0 Å². The largest absolute Gasteiger partial charge is 0.462 e. The van der Waals surface area contributed by atoms with Crippen molar-refractivity contribution in [3.8, 4) is 0 Å². The summed E-state index contributed by atoms with van der Waals surface area (Å²) in [5, 5.41) is 0. The highest BCUT2D eigenvalue weighted by atomic mass is 16.6. The van der Waals surface area contributed by atoms with Crippen LogP contribution in [0.15, 0.2) is 170 Å². The van der Waals surface area contributed by atoms with Crippen LogP contribution in [0.3, 0.4) is 0 Å². The summed E-state index contributed by atoms with van der Waals surface area (Å²) in [7, 11) is 0. The van der Waals surface area contributed by atoms with Gasteiger partial charge in [-0.2, -0.15) is 0 Å². The Hall–Kier alpha value is -5.23. The molecule has 0 rings (SSSR count). The molecule has 0 radical (unpaired) electrons. The molecule has 0 heterocycles. The predicted molar refractivity (Wildman–Crippen MR) is 274 cm³/mol. The molecule has 0 fully saturated rings. The summed E-state index contributed by atoms with van der Waals surface area (Å²) in [4.78, 5) is 37.9. The van der Waals surface area contributed by atoms with E-state index in [-0.39, 0.29) is 50.4 Å². The van der Waals surface area contributed by atoms with Crippen molar-refractivity contribution in [2.45, 2.75) is 162 Å². The van der Waals surface area contributed by atoms with Gasteiger partial charge in [0.2, 0.25) is 0 Å². The first-order valence-corrected chi connectivity index (χ1v) is 24.2. The van der Waals surface area contributed by atoms with E-state index < -0.39 is 6.10 Å². The second-order valence-electron chi connectivity index (χ2n) is 15.0. The fourth-order valence-corrected chi connectivity index (χ4v) is 5.55. The van der Waals surface area contributed by atoms with Gasteiger partial charge < -0.3 is 14.2 Å². The van der Waals surface area contributed by atoms with E-state index >= 15 is 0 Å². The molecule has 0 saturated heterocycles. The molecule has 6 heteroatoms. The molecule has 0 saturated carbocycles. The summed E-state index contributed by atoms with van der Waals surface area (Å²) in [5.41, 5.74) is 0. The van der Waals surface area contributed by atoms with Crippen LogP contribution in [-0.2, 0) is 28.6 Å². The normalized spacial score (nSPS) is 13.6. The van der Waals surface area contributed by atoms with Crippen LogP contribution in [-0.4, -0.2) is 37.2 Å². The Morgan fingerprint density at radius 2 is 0.656 bits per heavy atom. The Balaban J connectivity index is 4.68. The minimum absolute atomic E-state index is 0.153. The molecule has 0 bridgehead atoms. The van der Waals surface area contributed by atoms with Crippen molar-refractivity contribution in [2.75, 3.05) is 13.2 Å². The highest BCUT2D eigenvalue weighted by molar-refractivity contribution is 5.71. The second-order valence-corrected chi connectivity index (χ2v) is 15.0. The van der Waals surface area contributed by atoms with Gasteiger partial charge in [0, 0.05) is 19.3 Å². The lowest BCUT2D eigenvalue weighted by Crippen LogP contribution is -2.30. The van der Waals surface area contributed by atoms with E-state index in [4.69, 9.17) is 14.2 Å². The molecule has 0 N–H and O–H groups in total. The lowest BCUT2D eigenvalue weighted by molar-refractivity contribution is -0.167. The first kappa shape index (κ1) is 58.8. The zero-order valence-electron chi connectivity index (χ0n) is 40.0. The maximum absolute atomic E-state index is 12.8. The molecular weight excluding hydrogens is 793 g/mol. The van der Waals surface area contributed by atoms with Crippen LogP contribution in [0.4, 0.5) is 0 Å². The maximum atomic E-state index is 12.8. The van der Waals surface area contributed by atoms with E-state index in [1.807, 2.05) is 54.7 Å². The fourth-order valence-electron chi connectivity index (χ4n) is 5.55. The summed E-state index contributed by atoms with van der Waals surface area (Å²) in [6.45, 7) is 6.08. The van der Waals surface area contributed by atoms with Gasteiger partial charge in [-0.25, -0.2) is 0 Å². The van der Waals surface area contributed by atoms with E-state index in [0.717, 1.165) is 96.3 Å². The smallest absolute Gasteiger partial charge is 0.306 e. The number of carbonyl (C=O) groups excluding carboxylic acids is 3. The minimum Gasteiger partial charge on any atom is -0.462 e. The Bertz CT molecular complexity index is 1570. The summed E-state index contributed by atoms with van der Waals surface area (Å²) >= 11 is 0. The van der Waals surface area contributed by atoms with Crippen molar-refractivity contribution in [3.63, 3.8) is 0 Å². The van der Waals surface area contributed by atoms with Gasteiger partial charge in [-0.1, -0.05) is 197 Å². The molecule has 0 amide bonds.